The van der Waals surface area contributed by atoms with Crippen molar-refractivity contribution in [3.05, 3.63) is 7.05 Å². The van der Waals surface area contributed by atoms with Crippen molar-refractivity contribution in [3.63, 3.8) is 0 Å². The van der Waals surface area contributed by atoms with Crippen LogP contribution in [0, 0.1) is 13.0 Å². The molecule has 0 aromatic heterocycles. The highest BCUT2D eigenvalue weighted by Gasteiger charge is 2.17. The molecule has 0 aliphatic carbocycles. The van der Waals surface area contributed by atoms with Crippen LogP contribution in [0.5, 0.6) is 0 Å². The number of nitrogens with one attached hydrogen (secondary N) is 1. The van der Waals surface area contributed by atoms with Crippen molar-refractivity contribution >= 4 is 6.09 Å². The van der Waals surface area contributed by atoms with E-state index in [4.69, 9.17) is 4.74 Å². The Hall–Kier alpha value is -0.770. The summed E-state index contributed by atoms with van der Waals surface area (Å²) in [6.07, 6.45) is -0.406. The van der Waals surface area contributed by atoms with Gasteiger partial charge in [0.25, 0.3) is 0 Å². The number of nitrogens with zero attached hydrogens (tertiary/aromatic N) is 1. The van der Waals surface area contributed by atoms with E-state index in [1.54, 1.807) is 0 Å². The molecule has 0 rings (SSSR count). The maximum Gasteiger partial charge on any atom is 0.407 e. The van der Waals surface area contributed by atoms with E-state index in [1.807, 2.05) is 34.6 Å². The molecule has 1 amide bonds. The molecule has 0 aromatic carbocycles. The minimum absolute atomic E-state index is 0.0394. The first-order valence-corrected chi connectivity index (χ1v) is 5.19. The molecule has 0 aliphatic heterocycles. The summed E-state index contributed by atoms with van der Waals surface area (Å²) >= 11 is 0. The summed E-state index contributed by atoms with van der Waals surface area (Å²) < 4.78 is 5.10. The third kappa shape index (κ3) is 7.19. The van der Waals surface area contributed by atoms with Crippen molar-refractivity contribution < 1.29 is 9.53 Å². The van der Waals surface area contributed by atoms with Crippen molar-refractivity contribution in [1.29, 1.82) is 0 Å². The SMILES string of the molecule is [CH2-][N]C(CNC(=O)OC(C)(C)C)C(C)C. The van der Waals surface area contributed by atoms with Crippen LogP contribution in [-0.2, 0) is 4.74 Å². The van der Waals surface area contributed by atoms with E-state index in [-0.39, 0.29) is 6.04 Å². The Bertz CT molecular complexity index is 197. The third-order valence-electron chi connectivity index (χ3n) is 1.86. The van der Waals surface area contributed by atoms with Gasteiger partial charge in [-0.1, -0.05) is 13.8 Å². The van der Waals surface area contributed by atoms with Gasteiger partial charge in [0.2, 0.25) is 0 Å². The minimum atomic E-state index is -0.459. The van der Waals surface area contributed by atoms with Gasteiger partial charge in [0.15, 0.2) is 0 Å². The molecular formula is C11H22N2O2-. The van der Waals surface area contributed by atoms with E-state index in [1.165, 1.54) is 0 Å². The zero-order chi connectivity index (χ0) is 12.1. The highest BCUT2D eigenvalue weighted by atomic mass is 16.6. The molecule has 1 unspecified atom stereocenters. The molecule has 1 radical (unpaired) electrons. The Labute approximate surface area is 92.8 Å². The van der Waals surface area contributed by atoms with Crippen LogP contribution in [0.1, 0.15) is 34.6 Å². The van der Waals surface area contributed by atoms with Crippen molar-refractivity contribution in [2.45, 2.75) is 46.3 Å². The highest BCUT2D eigenvalue weighted by Crippen LogP contribution is 2.07. The molecule has 0 saturated heterocycles. The predicted molar refractivity (Wildman–Crippen MR) is 60.4 cm³/mol. The molecule has 89 valence electrons. The maximum atomic E-state index is 11.3. The number of rotatable bonds is 4. The van der Waals surface area contributed by atoms with Crippen molar-refractivity contribution in [2.24, 2.45) is 5.92 Å². The molecule has 0 aromatic rings. The third-order valence-corrected chi connectivity index (χ3v) is 1.86. The first kappa shape index (κ1) is 14.2. The average Bonchev–Trinajstić information content (AvgIpc) is 2.01. The molecule has 0 fully saturated rings. The van der Waals surface area contributed by atoms with Crippen LogP contribution in [0.4, 0.5) is 4.79 Å². The zero-order valence-corrected chi connectivity index (χ0v) is 10.3. The Morgan fingerprint density at radius 1 is 1.47 bits per heavy atom. The lowest BCUT2D eigenvalue weighted by atomic mass is 10.1. The summed E-state index contributed by atoms with van der Waals surface area (Å²) in [6, 6.07) is 0.0394. The van der Waals surface area contributed by atoms with Gasteiger partial charge in [-0.2, -0.15) is 0 Å². The van der Waals surface area contributed by atoms with Gasteiger partial charge >= 0.3 is 6.09 Å². The fraction of sp³-hybridized carbons (Fsp3) is 0.818. The fourth-order valence-corrected chi connectivity index (χ4v) is 1.01. The summed E-state index contributed by atoms with van der Waals surface area (Å²) in [5.74, 6) is 0.359. The first-order chi connectivity index (χ1) is 6.76. The maximum absolute atomic E-state index is 11.3. The predicted octanol–water partition coefficient (Wildman–Crippen LogP) is 1.93. The molecular weight excluding hydrogens is 192 g/mol. The number of alkyl carbamates (subject to hydrolysis) is 1. The lowest BCUT2D eigenvalue weighted by Crippen LogP contribution is -2.41. The van der Waals surface area contributed by atoms with E-state index in [2.05, 4.69) is 17.7 Å². The standard InChI is InChI=1S/C11H22N2O2/c1-8(2)9(12-6)7-13-10(14)15-11(3,4)5/h8-9H,6-7H2,1-5H3,(H,13,14)/q-1. The molecule has 0 heterocycles. The topological polar surface area (TPSA) is 52.4 Å². The lowest BCUT2D eigenvalue weighted by molar-refractivity contribution is 0.0520. The number of carbonyl (C=O) groups is 1. The second-order valence-electron chi connectivity index (χ2n) is 4.88. The summed E-state index contributed by atoms with van der Waals surface area (Å²) in [6.45, 7) is 10.0. The van der Waals surface area contributed by atoms with Crippen LogP contribution in [0.2, 0.25) is 0 Å². The van der Waals surface area contributed by atoms with Gasteiger partial charge < -0.3 is 15.4 Å². The van der Waals surface area contributed by atoms with E-state index in [0.29, 0.717) is 12.5 Å². The smallest absolute Gasteiger partial charge is 0.407 e. The Morgan fingerprint density at radius 2 is 2.00 bits per heavy atom. The quantitative estimate of drug-likeness (QED) is 0.727. The minimum Gasteiger partial charge on any atom is -0.444 e. The lowest BCUT2D eigenvalue weighted by Gasteiger charge is -2.25. The van der Waals surface area contributed by atoms with Gasteiger partial charge in [-0.05, 0) is 26.7 Å². The molecule has 4 nitrogen and oxygen atoms in total. The van der Waals surface area contributed by atoms with Crippen LogP contribution in [0.25, 0.3) is 0 Å². The molecule has 1 atom stereocenters. The Balaban J connectivity index is 3.89. The highest BCUT2D eigenvalue weighted by molar-refractivity contribution is 5.67. The van der Waals surface area contributed by atoms with E-state index in [9.17, 15) is 4.79 Å². The molecule has 4 heteroatoms. The van der Waals surface area contributed by atoms with Gasteiger partial charge in [0.1, 0.15) is 5.60 Å². The van der Waals surface area contributed by atoms with E-state index < -0.39 is 11.7 Å². The molecule has 0 bridgehead atoms. The molecule has 15 heavy (non-hydrogen) atoms. The zero-order valence-electron chi connectivity index (χ0n) is 10.3. The van der Waals surface area contributed by atoms with Crippen LogP contribution in [-0.4, -0.2) is 24.3 Å². The van der Waals surface area contributed by atoms with Crippen LogP contribution in [0.15, 0.2) is 0 Å². The number of amides is 1. The van der Waals surface area contributed by atoms with Gasteiger partial charge in [-0.3, -0.25) is 7.05 Å². The Kier molecular flexibility index (Phi) is 5.65. The van der Waals surface area contributed by atoms with Crippen molar-refractivity contribution in [3.8, 4) is 0 Å². The monoisotopic (exact) mass is 214 g/mol. The van der Waals surface area contributed by atoms with Gasteiger partial charge in [0, 0.05) is 12.6 Å². The molecule has 0 aliphatic rings. The van der Waals surface area contributed by atoms with Crippen LogP contribution in [0.3, 0.4) is 0 Å². The van der Waals surface area contributed by atoms with Gasteiger partial charge in [-0.25, -0.2) is 4.79 Å². The van der Waals surface area contributed by atoms with Crippen LogP contribution < -0.4 is 10.6 Å². The number of ether oxygens (including phenoxy) is 1. The second kappa shape index (κ2) is 5.95. The van der Waals surface area contributed by atoms with E-state index in [0.717, 1.165) is 0 Å². The van der Waals surface area contributed by atoms with Crippen molar-refractivity contribution in [2.75, 3.05) is 6.54 Å². The van der Waals surface area contributed by atoms with E-state index >= 15 is 0 Å². The van der Waals surface area contributed by atoms with Crippen LogP contribution >= 0.6 is 0 Å². The van der Waals surface area contributed by atoms with Crippen molar-refractivity contribution in [1.82, 2.24) is 10.6 Å². The number of hydrogen-bond acceptors (Lipinski definition) is 2. The Morgan fingerprint density at radius 3 is 2.33 bits per heavy atom. The summed E-state index contributed by atoms with van der Waals surface area (Å²) in [4.78, 5) is 11.3. The molecule has 1 N–H and O–H groups in total. The molecule has 0 spiro atoms. The normalized spacial score (nSPS) is 13.8. The number of carbonyl (C=O) groups excluding carboxylic acids is 1. The fourth-order valence-electron chi connectivity index (χ4n) is 1.01. The summed E-state index contributed by atoms with van der Waals surface area (Å²) in [7, 11) is 3.49. The first-order valence-electron chi connectivity index (χ1n) is 5.19. The average molecular weight is 214 g/mol. The summed E-state index contributed by atoms with van der Waals surface area (Å²) in [5.41, 5.74) is -0.459. The van der Waals surface area contributed by atoms with Gasteiger partial charge in [0.05, 0.1) is 0 Å². The number of hydrogen-bond donors (Lipinski definition) is 1. The second-order valence-corrected chi connectivity index (χ2v) is 4.88. The summed E-state index contributed by atoms with van der Waals surface area (Å²) in [5, 5.41) is 6.61. The van der Waals surface area contributed by atoms with Gasteiger partial charge in [-0.15, -0.1) is 0 Å². The largest absolute Gasteiger partial charge is 0.444 e. The molecule has 0 saturated carbocycles.